The van der Waals surface area contributed by atoms with Crippen molar-refractivity contribution in [2.45, 2.75) is 12.8 Å². The van der Waals surface area contributed by atoms with Gasteiger partial charge in [0.15, 0.2) is 0 Å². The summed E-state index contributed by atoms with van der Waals surface area (Å²) >= 11 is 11.3. The molecule has 0 heterocycles. The Balaban J connectivity index is 3.03. The molecule has 0 radical (unpaired) electrons. The molecule has 0 bridgehead atoms. The fourth-order valence-electron chi connectivity index (χ4n) is 0.963. The summed E-state index contributed by atoms with van der Waals surface area (Å²) in [6.07, 6.45) is 0. The van der Waals surface area contributed by atoms with Crippen LogP contribution >= 0.6 is 23.2 Å². The highest BCUT2D eigenvalue weighted by atomic mass is 35.5. The second-order valence-corrected chi connectivity index (χ2v) is 3.73. The maximum atomic E-state index is 12.8. The maximum Gasteiger partial charge on any atom is 0.141 e. The van der Waals surface area contributed by atoms with Gasteiger partial charge >= 0.3 is 0 Å². The molecule has 0 saturated carbocycles. The molecule has 1 aromatic carbocycles. The molecule has 0 spiro atoms. The highest BCUT2D eigenvalue weighted by molar-refractivity contribution is 6.31. The Hall–Kier alpha value is -0.530. The van der Waals surface area contributed by atoms with E-state index in [0.29, 0.717) is 5.03 Å². The second kappa shape index (κ2) is 4.12. The number of allylic oxidation sites excluding steroid dienone is 1. The number of benzene rings is 1. The van der Waals surface area contributed by atoms with Gasteiger partial charge in [-0.1, -0.05) is 42.8 Å². The molecule has 1 unspecified atom stereocenters. The van der Waals surface area contributed by atoms with Crippen LogP contribution < -0.4 is 0 Å². The molecule has 0 aromatic heterocycles. The van der Waals surface area contributed by atoms with Crippen molar-refractivity contribution in [1.82, 2.24) is 0 Å². The molecule has 0 saturated heterocycles. The molecule has 0 aliphatic carbocycles. The van der Waals surface area contributed by atoms with Crippen LogP contribution in [0, 0.1) is 5.82 Å². The van der Waals surface area contributed by atoms with E-state index >= 15 is 0 Å². The number of halogens is 3. The van der Waals surface area contributed by atoms with Gasteiger partial charge in [0.25, 0.3) is 0 Å². The van der Waals surface area contributed by atoms with E-state index in [4.69, 9.17) is 23.2 Å². The quantitative estimate of drug-likeness (QED) is 0.694. The molecule has 3 heteroatoms. The van der Waals surface area contributed by atoms with Crippen LogP contribution in [0.1, 0.15) is 18.4 Å². The first-order chi connectivity index (χ1) is 6.02. The fraction of sp³-hybridized carbons (Fsp3) is 0.200. The van der Waals surface area contributed by atoms with E-state index in [1.54, 1.807) is 12.1 Å². The highest BCUT2D eigenvalue weighted by Crippen LogP contribution is 2.28. The summed E-state index contributed by atoms with van der Waals surface area (Å²) in [6.45, 7) is 5.50. The Morgan fingerprint density at radius 1 is 1.54 bits per heavy atom. The molecule has 0 fully saturated rings. The normalized spacial score (nSPS) is 12.6. The molecular weight excluding hydrogens is 210 g/mol. The van der Waals surface area contributed by atoms with Gasteiger partial charge in [-0.05, 0) is 17.7 Å². The monoisotopic (exact) mass is 218 g/mol. The largest absolute Gasteiger partial charge is 0.205 e. The topological polar surface area (TPSA) is 0 Å². The fourth-order valence-corrected chi connectivity index (χ4v) is 1.28. The van der Waals surface area contributed by atoms with Gasteiger partial charge in [0.2, 0.25) is 0 Å². The Kier molecular flexibility index (Phi) is 3.34. The van der Waals surface area contributed by atoms with Crippen molar-refractivity contribution < 1.29 is 4.39 Å². The first kappa shape index (κ1) is 10.6. The van der Waals surface area contributed by atoms with Crippen molar-refractivity contribution in [1.29, 1.82) is 0 Å². The lowest BCUT2D eigenvalue weighted by Gasteiger charge is -2.09. The summed E-state index contributed by atoms with van der Waals surface area (Å²) in [5, 5.41) is 0.630. The summed E-state index contributed by atoms with van der Waals surface area (Å²) in [4.78, 5) is 0. The van der Waals surface area contributed by atoms with Crippen LogP contribution in [0.15, 0.2) is 29.8 Å². The minimum atomic E-state index is -0.419. The third kappa shape index (κ3) is 2.45. The maximum absolute atomic E-state index is 12.8. The Morgan fingerprint density at radius 2 is 2.15 bits per heavy atom. The summed E-state index contributed by atoms with van der Waals surface area (Å²) in [7, 11) is 0. The number of hydrogen-bond acceptors (Lipinski definition) is 0. The van der Waals surface area contributed by atoms with E-state index in [1.165, 1.54) is 6.07 Å². The third-order valence-corrected chi connectivity index (χ3v) is 2.53. The standard InChI is InChI=1S/C10H9Cl2F/c1-6(7(2)11)8-3-4-10(13)9(12)5-8/h3-6H,2H2,1H3. The van der Waals surface area contributed by atoms with Crippen LogP contribution in [0.5, 0.6) is 0 Å². The lowest BCUT2D eigenvalue weighted by Crippen LogP contribution is -1.93. The Morgan fingerprint density at radius 3 is 2.62 bits per heavy atom. The van der Waals surface area contributed by atoms with E-state index < -0.39 is 5.82 Å². The second-order valence-electron chi connectivity index (χ2n) is 2.84. The van der Waals surface area contributed by atoms with Crippen LogP contribution in [0.2, 0.25) is 5.02 Å². The van der Waals surface area contributed by atoms with E-state index in [1.807, 2.05) is 6.92 Å². The van der Waals surface area contributed by atoms with Gasteiger partial charge in [-0.15, -0.1) is 0 Å². The van der Waals surface area contributed by atoms with Crippen LogP contribution in [-0.2, 0) is 0 Å². The molecule has 0 amide bonds. The van der Waals surface area contributed by atoms with E-state index in [2.05, 4.69) is 6.58 Å². The van der Waals surface area contributed by atoms with Crippen molar-refractivity contribution in [2.75, 3.05) is 0 Å². The van der Waals surface area contributed by atoms with Gasteiger partial charge in [-0.3, -0.25) is 0 Å². The van der Waals surface area contributed by atoms with Gasteiger partial charge in [0, 0.05) is 11.0 Å². The van der Waals surface area contributed by atoms with Gasteiger partial charge in [-0.2, -0.15) is 0 Å². The predicted molar refractivity (Wildman–Crippen MR) is 54.8 cm³/mol. The summed E-state index contributed by atoms with van der Waals surface area (Å²) < 4.78 is 12.8. The minimum absolute atomic E-state index is 0.0141. The molecule has 0 N–H and O–H groups in total. The van der Waals surface area contributed by atoms with Gasteiger partial charge < -0.3 is 0 Å². The van der Waals surface area contributed by atoms with Crippen molar-refractivity contribution in [2.24, 2.45) is 0 Å². The molecule has 70 valence electrons. The first-order valence-corrected chi connectivity index (χ1v) is 4.57. The average molecular weight is 219 g/mol. The number of hydrogen-bond donors (Lipinski definition) is 0. The molecular formula is C10H9Cl2F. The van der Waals surface area contributed by atoms with Crippen molar-refractivity contribution in [3.8, 4) is 0 Å². The lowest BCUT2D eigenvalue weighted by molar-refractivity contribution is 0.627. The zero-order valence-electron chi connectivity index (χ0n) is 7.15. The highest BCUT2D eigenvalue weighted by Gasteiger charge is 2.09. The zero-order valence-corrected chi connectivity index (χ0v) is 8.66. The lowest BCUT2D eigenvalue weighted by atomic mass is 10.0. The first-order valence-electron chi connectivity index (χ1n) is 3.81. The smallest absolute Gasteiger partial charge is 0.141 e. The summed E-state index contributed by atoms with van der Waals surface area (Å²) in [5.74, 6) is -0.433. The molecule has 1 atom stereocenters. The Labute approximate surface area is 87.0 Å². The minimum Gasteiger partial charge on any atom is -0.205 e. The molecule has 13 heavy (non-hydrogen) atoms. The van der Waals surface area contributed by atoms with Gasteiger partial charge in [0.05, 0.1) is 5.02 Å². The number of rotatable bonds is 2. The molecule has 1 rings (SSSR count). The zero-order chi connectivity index (χ0) is 10.0. The molecule has 0 nitrogen and oxygen atoms in total. The van der Waals surface area contributed by atoms with Gasteiger partial charge in [-0.25, -0.2) is 4.39 Å². The molecule has 0 aliphatic rings. The van der Waals surface area contributed by atoms with Crippen LogP contribution in [0.25, 0.3) is 0 Å². The summed E-state index contributed by atoms with van der Waals surface area (Å²) in [6, 6.07) is 4.54. The summed E-state index contributed by atoms with van der Waals surface area (Å²) in [5.41, 5.74) is 0.867. The SMILES string of the molecule is C=C(Cl)C(C)c1ccc(F)c(Cl)c1. The van der Waals surface area contributed by atoms with Crippen molar-refractivity contribution in [3.05, 3.63) is 46.2 Å². The Bertz CT molecular complexity index is 334. The van der Waals surface area contributed by atoms with E-state index in [-0.39, 0.29) is 10.9 Å². The van der Waals surface area contributed by atoms with Gasteiger partial charge in [0.1, 0.15) is 5.82 Å². The van der Waals surface area contributed by atoms with E-state index in [9.17, 15) is 4.39 Å². The average Bonchev–Trinajstić information content (AvgIpc) is 2.08. The van der Waals surface area contributed by atoms with Crippen LogP contribution in [0.3, 0.4) is 0 Å². The molecule has 1 aromatic rings. The molecule has 0 aliphatic heterocycles. The van der Waals surface area contributed by atoms with Crippen LogP contribution in [-0.4, -0.2) is 0 Å². The third-order valence-electron chi connectivity index (χ3n) is 1.91. The van der Waals surface area contributed by atoms with Crippen molar-refractivity contribution in [3.63, 3.8) is 0 Å². The predicted octanol–water partition coefficient (Wildman–Crippen LogP) is 4.34. The van der Waals surface area contributed by atoms with Crippen molar-refractivity contribution >= 4 is 23.2 Å². The van der Waals surface area contributed by atoms with E-state index in [0.717, 1.165) is 5.56 Å². The van der Waals surface area contributed by atoms with Crippen LogP contribution in [0.4, 0.5) is 4.39 Å².